The molecule has 3 fully saturated rings. The van der Waals surface area contributed by atoms with Gasteiger partial charge < -0.3 is 15.1 Å². The third kappa shape index (κ3) is 2.75. The lowest BCUT2D eigenvalue weighted by molar-refractivity contribution is -0.129. The van der Waals surface area contributed by atoms with Gasteiger partial charge in [0, 0.05) is 32.1 Å². The lowest BCUT2D eigenvalue weighted by Gasteiger charge is -2.39. The van der Waals surface area contributed by atoms with E-state index in [1.165, 1.54) is 12.8 Å². The lowest BCUT2D eigenvalue weighted by Crippen LogP contribution is -2.49. The fourth-order valence-electron chi connectivity index (χ4n) is 5.20. The third-order valence-corrected chi connectivity index (χ3v) is 7.51. The van der Waals surface area contributed by atoms with Crippen LogP contribution in [0.25, 0.3) is 0 Å². The number of fused-ring (bicyclic) bond motifs is 2. The van der Waals surface area contributed by atoms with Crippen LogP contribution in [-0.4, -0.2) is 61.4 Å². The van der Waals surface area contributed by atoms with Gasteiger partial charge in [0.25, 0.3) is 0 Å². The number of hydrogen-bond acceptors (Lipinski definition) is 3. The summed E-state index contributed by atoms with van der Waals surface area (Å²) >= 11 is 0. The summed E-state index contributed by atoms with van der Waals surface area (Å²) in [7, 11) is 4.00. The molecule has 3 rings (SSSR count). The fraction of sp³-hybridized carbons (Fsp3) is 0.895. The number of carbonyl (C=O) groups is 2. The van der Waals surface area contributed by atoms with Gasteiger partial charge in [-0.05, 0) is 50.1 Å². The van der Waals surface area contributed by atoms with Gasteiger partial charge in [0.2, 0.25) is 11.8 Å². The Balaban J connectivity index is 1.58. The molecule has 2 aliphatic carbocycles. The van der Waals surface area contributed by atoms with Crippen molar-refractivity contribution < 1.29 is 9.59 Å². The topological polar surface area (TPSA) is 52.6 Å². The van der Waals surface area contributed by atoms with Gasteiger partial charge >= 0.3 is 0 Å². The van der Waals surface area contributed by atoms with Crippen LogP contribution in [0.3, 0.4) is 0 Å². The standard InChI is InChI=1S/C19H33N3O2/c1-18(2)14-6-7-19(18,3)15(11-14)20-17(24)13-10-16(23)22(12-13)9-8-21(4)5/h13-15H,6-12H2,1-5H3,(H,20,24)/t13-,14-,15+,19-/m1/s1. The Kier molecular flexibility index (Phi) is 4.44. The Bertz CT molecular complexity index is 531. The van der Waals surface area contributed by atoms with E-state index in [0.29, 0.717) is 24.9 Å². The second-order valence-corrected chi connectivity index (χ2v) is 9.22. The normalized spacial score (nSPS) is 37.5. The van der Waals surface area contributed by atoms with Gasteiger partial charge in [-0.25, -0.2) is 0 Å². The van der Waals surface area contributed by atoms with Gasteiger partial charge in [0.1, 0.15) is 0 Å². The molecule has 3 aliphatic rings. The molecule has 2 amide bonds. The average Bonchev–Trinajstić information content (AvgIpc) is 3.03. The highest BCUT2D eigenvalue weighted by Gasteiger charge is 2.61. The summed E-state index contributed by atoms with van der Waals surface area (Å²) in [6.07, 6.45) is 3.96. The minimum Gasteiger partial charge on any atom is -0.352 e. The molecule has 136 valence electrons. The van der Waals surface area contributed by atoms with Crippen molar-refractivity contribution in [1.29, 1.82) is 0 Å². The molecule has 1 N–H and O–H groups in total. The Morgan fingerprint density at radius 3 is 2.58 bits per heavy atom. The number of nitrogens with zero attached hydrogens (tertiary/aromatic N) is 2. The monoisotopic (exact) mass is 335 g/mol. The molecule has 1 aliphatic heterocycles. The summed E-state index contributed by atoms with van der Waals surface area (Å²) in [4.78, 5) is 28.8. The Morgan fingerprint density at radius 1 is 1.33 bits per heavy atom. The maximum atomic E-state index is 12.8. The highest BCUT2D eigenvalue weighted by atomic mass is 16.2. The zero-order valence-electron chi connectivity index (χ0n) is 15.9. The molecule has 24 heavy (non-hydrogen) atoms. The molecule has 5 nitrogen and oxygen atoms in total. The van der Waals surface area contributed by atoms with Gasteiger partial charge in [-0.2, -0.15) is 0 Å². The maximum Gasteiger partial charge on any atom is 0.225 e. The molecule has 0 radical (unpaired) electrons. The van der Waals surface area contributed by atoms with Gasteiger partial charge in [-0.1, -0.05) is 20.8 Å². The summed E-state index contributed by atoms with van der Waals surface area (Å²) in [5.41, 5.74) is 0.495. The molecular formula is C19H33N3O2. The largest absolute Gasteiger partial charge is 0.352 e. The molecule has 1 saturated heterocycles. The second kappa shape index (κ2) is 6.01. The van der Waals surface area contributed by atoms with Crippen LogP contribution in [-0.2, 0) is 9.59 Å². The summed E-state index contributed by atoms with van der Waals surface area (Å²) in [6, 6.07) is 0.268. The zero-order chi connectivity index (χ0) is 17.7. The summed E-state index contributed by atoms with van der Waals surface area (Å²) in [5.74, 6) is 0.752. The van der Waals surface area contributed by atoms with E-state index in [2.05, 4.69) is 31.0 Å². The van der Waals surface area contributed by atoms with Crippen molar-refractivity contribution in [3.63, 3.8) is 0 Å². The van der Waals surface area contributed by atoms with Crippen molar-refractivity contribution in [3.8, 4) is 0 Å². The van der Waals surface area contributed by atoms with Crippen LogP contribution >= 0.6 is 0 Å². The highest BCUT2D eigenvalue weighted by molar-refractivity contribution is 5.89. The number of likely N-dealkylation sites (tertiary alicyclic amines) is 1. The predicted octanol–water partition coefficient (Wildman–Crippen LogP) is 1.73. The van der Waals surface area contributed by atoms with Crippen molar-refractivity contribution in [2.24, 2.45) is 22.7 Å². The van der Waals surface area contributed by atoms with Crippen molar-refractivity contribution >= 4 is 11.8 Å². The van der Waals surface area contributed by atoms with Crippen LogP contribution < -0.4 is 5.32 Å². The van der Waals surface area contributed by atoms with Crippen LogP contribution in [0.15, 0.2) is 0 Å². The first kappa shape index (κ1) is 17.7. The Hall–Kier alpha value is -1.10. The van der Waals surface area contributed by atoms with Crippen molar-refractivity contribution in [3.05, 3.63) is 0 Å². The maximum absolute atomic E-state index is 12.8. The van der Waals surface area contributed by atoms with E-state index in [1.807, 2.05) is 19.0 Å². The molecule has 4 atom stereocenters. The van der Waals surface area contributed by atoms with Gasteiger partial charge in [-0.15, -0.1) is 0 Å². The SMILES string of the molecule is CN(C)CCN1C[C@H](C(=O)N[C@H]2C[C@H]3CC[C@@]2(C)C3(C)C)CC1=O. The summed E-state index contributed by atoms with van der Waals surface area (Å²) in [5, 5.41) is 3.33. The molecule has 0 unspecified atom stereocenters. The van der Waals surface area contributed by atoms with Gasteiger partial charge in [-0.3, -0.25) is 9.59 Å². The lowest BCUT2D eigenvalue weighted by atomic mass is 9.69. The van der Waals surface area contributed by atoms with Crippen LogP contribution in [0.5, 0.6) is 0 Å². The molecular weight excluding hydrogens is 302 g/mol. The number of nitrogens with one attached hydrogen (secondary N) is 1. The van der Waals surface area contributed by atoms with Crippen LogP contribution in [0.1, 0.15) is 46.5 Å². The predicted molar refractivity (Wildman–Crippen MR) is 94.4 cm³/mol. The van der Waals surface area contributed by atoms with E-state index in [-0.39, 0.29) is 29.2 Å². The first-order chi connectivity index (χ1) is 11.1. The number of rotatable bonds is 5. The third-order valence-electron chi connectivity index (χ3n) is 7.51. The van der Waals surface area contributed by atoms with Crippen LogP contribution in [0, 0.1) is 22.7 Å². The van der Waals surface area contributed by atoms with E-state index in [9.17, 15) is 9.59 Å². The van der Waals surface area contributed by atoms with E-state index >= 15 is 0 Å². The smallest absolute Gasteiger partial charge is 0.225 e. The molecule has 1 heterocycles. The second-order valence-electron chi connectivity index (χ2n) is 9.22. The molecule has 2 saturated carbocycles. The zero-order valence-corrected chi connectivity index (χ0v) is 15.9. The van der Waals surface area contributed by atoms with Crippen molar-refractivity contribution in [1.82, 2.24) is 15.1 Å². The number of hydrogen-bond donors (Lipinski definition) is 1. The van der Waals surface area contributed by atoms with E-state index in [0.717, 1.165) is 18.9 Å². The highest BCUT2D eigenvalue weighted by Crippen LogP contribution is 2.65. The quantitative estimate of drug-likeness (QED) is 0.832. The summed E-state index contributed by atoms with van der Waals surface area (Å²) < 4.78 is 0. The van der Waals surface area contributed by atoms with Crippen molar-refractivity contribution in [2.45, 2.75) is 52.5 Å². The van der Waals surface area contributed by atoms with Crippen molar-refractivity contribution in [2.75, 3.05) is 33.7 Å². The first-order valence-corrected chi connectivity index (χ1v) is 9.38. The molecule has 0 aromatic rings. The summed E-state index contributed by atoms with van der Waals surface area (Å²) in [6.45, 7) is 9.20. The molecule has 2 bridgehead atoms. The van der Waals surface area contributed by atoms with E-state index in [4.69, 9.17) is 0 Å². The molecule has 0 spiro atoms. The molecule has 0 aromatic carbocycles. The number of amides is 2. The first-order valence-electron chi connectivity index (χ1n) is 9.38. The average molecular weight is 335 g/mol. The molecule has 5 heteroatoms. The van der Waals surface area contributed by atoms with Crippen LogP contribution in [0.2, 0.25) is 0 Å². The number of carbonyl (C=O) groups excluding carboxylic acids is 2. The van der Waals surface area contributed by atoms with Crippen LogP contribution in [0.4, 0.5) is 0 Å². The Morgan fingerprint density at radius 2 is 2.04 bits per heavy atom. The fourth-order valence-corrected chi connectivity index (χ4v) is 5.20. The van der Waals surface area contributed by atoms with Gasteiger partial charge in [0.05, 0.1) is 5.92 Å². The van der Waals surface area contributed by atoms with E-state index in [1.54, 1.807) is 0 Å². The molecule has 0 aromatic heterocycles. The van der Waals surface area contributed by atoms with Gasteiger partial charge in [0.15, 0.2) is 0 Å². The minimum atomic E-state index is -0.175. The Labute approximate surface area is 146 Å². The number of likely N-dealkylation sites (N-methyl/N-ethyl adjacent to an activating group) is 1. The minimum absolute atomic E-state index is 0.0882. The van der Waals surface area contributed by atoms with E-state index < -0.39 is 0 Å².